The maximum absolute atomic E-state index is 6.24. The summed E-state index contributed by atoms with van der Waals surface area (Å²) in [5, 5.41) is 0. The van der Waals surface area contributed by atoms with E-state index in [2.05, 4.69) is 34.9 Å². The number of hydrogen-bond acceptors (Lipinski definition) is 5. The molecule has 5 heteroatoms. The standard InChI is InChI=1S/C25H38N2O3/c1-19(28-2)10-14-27-22-9-6-8-20(22)16-21-17-24(29-3)25(18-23(21)27)30-15-7-13-26-11-4-5-12-26/h16-19,22H,4-15H2,1-3H3. The average molecular weight is 415 g/mol. The highest BCUT2D eigenvalue weighted by Crippen LogP contribution is 2.44. The topological polar surface area (TPSA) is 34.2 Å². The van der Waals surface area contributed by atoms with Crippen LogP contribution in [0.25, 0.3) is 6.08 Å². The summed E-state index contributed by atoms with van der Waals surface area (Å²) >= 11 is 0. The van der Waals surface area contributed by atoms with Gasteiger partial charge in [0.1, 0.15) is 0 Å². The fourth-order valence-electron chi connectivity index (χ4n) is 5.14. The summed E-state index contributed by atoms with van der Waals surface area (Å²) in [6.07, 6.45) is 11.1. The number of nitrogens with zero attached hydrogens (tertiary/aromatic N) is 2. The largest absolute Gasteiger partial charge is 0.493 e. The lowest BCUT2D eigenvalue weighted by atomic mass is 9.96. The molecule has 4 rings (SSSR count). The lowest BCUT2D eigenvalue weighted by molar-refractivity contribution is 0.112. The van der Waals surface area contributed by atoms with Gasteiger partial charge in [0, 0.05) is 37.5 Å². The molecule has 2 unspecified atom stereocenters. The van der Waals surface area contributed by atoms with Gasteiger partial charge in [0.2, 0.25) is 0 Å². The minimum atomic E-state index is 0.267. The predicted octanol–water partition coefficient (Wildman–Crippen LogP) is 4.74. The number of anilines is 1. The van der Waals surface area contributed by atoms with Crippen LogP contribution < -0.4 is 14.4 Å². The van der Waals surface area contributed by atoms with E-state index in [1.807, 2.05) is 0 Å². The monoisotopic (exact) mass is 414 g/mol. The van der Waals surface area contributed by atoms with E-state index in [1.54, 1.807) is 19.8 Å². The Morgan fingerprint density at radius 2 is 1.90 bits per heavy atom. The quantitative estimate of drug-likeness (QED) is 0.517. The maximum atomic E-state index is 6.24. The smallest absolute Gasteiger partial charge is 0.163 e. The molecule has 2 aliphatic heterocycles. The molecule has 0 radical (unpaired) electrons. The first-order valence-electron chi connectivity index (χ1n) is 11.8. The van der Waals surface area contributed by atoms with Crippen molar-refractivity contribution in [1.29, 1.82) is 0 Å². The predicted molar refractivity (Wildman–Crippen MR) is 123 cm³/mol. The lowest BCUT2D eigenvalue weighted by Crippen LogP contribution is -2.38. The average Bonchev–Trinajstić information content (AvgIpc) is 3.45. The molecular formula is C25H38N2O3. The summed E-state index contributed by atoms with van der Waals surface area (Å²) < 4.78 is 17.5. The van der Waals surface area contributed by atoms with Gasteiger partial charge in [-0.25, -0.2) is 0 Å². The molecule has 0 aromatic heterocycles. The van der Waals surface area contributed by atoms with Crippen LogP contribution in [0.4, 0.5) is 5.69 Å². The maximum Gasteiger partial charge on any atom is 0.163 e. The number of hydrogen-bond donors (Lipinski definition) is 0. The van der Waals surface area contributed by atoms with Crippen molar-refractivity contribution in [2.24, 2.45) is 0 Å². The Balaban J connectivity index is 1.50. The van der Waals surface area contributed by atoms with Crippen molar-refractivity contribution in [3.8, 4) is 11.5 Å². The molecule has 3 aliphatic rings. The molecule has 1 aromatic rings. The number of methoxy groups -OCH3 is 2. The van der Waals surface area contributed by atoms with Crippen LogP contribution in [0, 0.1) is 0 Å². The zero-order valence-electron chi connectivity index (χ0n) is 19.0. The molecule has 0 spiro atoms. The fraction of sp³-hybridized carbons (Fsp3) is 0.680. The van der Waals surface area contributed by atoms with Crippen LogP contribution >= 0.6 is 0 Å². The molecule has 5 nitrogen and oxygen atoms in total. The van der Waals surface area contributed by atoms with E-state index in [4.69, 9.17) is 14.2 Å². The third kappa shape index (κ3) is 4.78. The van der Waals surface area contributed by atoms with Crippen LogP contribution in [-0.4, -0.2) is 64.1 Å². The fourth-order valence-corrected chi connectivity index (χ4v) is 5.14. The highest BCUT2D eigenvalue weighted by molar-refractivity contribution is 5.78. The van der Waals surface area contributed by atoms with Crippen molar-refractivity contribution >= 4 is 11.8 Å². The summed E-state index contributed by atoms with van der Waals surface area (Å²) in [5.74, 6) is 1.71. The van der Waals surface area contributed by atoms with Crippen LogP contribution in [-0.2, 0) is 4.74 Å². The van der Waals surface area contributed by atoms with Crippen molar-refractivity contribution in [2.45, 2.75) is 64.0 Å². The molecule has 30 heavy (non-hydrogen) atoms. The second kappa shape index (κ2) is 10.1. The van der Waals surface area contributed by atoms with E-state index in [0.29, 0.717) is 6.04 Å². The second-order valence-corrected chi connectivity index (χ2v) is 8.97. The SMILES string of the molecule is COc1cc2c(cc1OCCCN1CCCC1)N(CCC(C)OC)C1CCCC1=C2. The molecule has 166 valence electrons. The molecule has 2 heterocycles. The molecule has 2 atom stereocenters. The first kappa shape index (κ1) is 21.5. The zero-order chi connectivity index (χ0) is 20.9. The molecule has 0 amide bonds. The molecular weight excluding hydrogens is 376 g/mol. The van der Waals surface area contributed by atoms with Gasteiger partial charge in [0.05, 0.1) is 25.9 Å². The van der Waals surface area contributed by atoms with Crippen LogP contribution in [0.2, 0.25) is 0 Å². The van der Waals surface area contributed by atoms with E-state index in [9.17, 15) is 0 Å². The Morgan fingerprint density at radius 1 is 1.07 bits per heavy atom. The van der Waals surface area contributed by atoms with Crippen molar-refractivity contribution in [3.63, 3.8) is 0 Å². The van der Waals surface area contributed by atoms with Crippen LogP contribution in [0.5, 0.6) is 11.5 Å². The van der Waals surface area contributed by atoms with Crippen LogP contribution in [0.1, 0.15) is 57.4 Å². The first-order chi connectivity index (χ1) is 14.7. The minimum Gasteiger partial charge on any atom is -0.493 e. The number of benzene rings is 1. The van der Waals surface area contributed by atoms with Crippen molar-refractivity contribution < 1.29 is 14.2 Å². The van der Waals surface area contributed by atoms with Crippen LogP contribution in [0.3, 0.4) is 0 Å². The van der Waals surface area contributed by atoms with Gasteiger partial charge >= 0.3 is 0 Å². The van der Waals surface area contributed by atoms with Gasteiger partial charge in [-0.3, -0.25) is 0 Å². The van der Waals surface area contributed by atoms with Gasteiger partial charge in [0.15, 0.2) is 11.5 Å². The van der Waals surface area contributed by atoms with Crippen molar-refractivity contribution in [3.05, 3.63) is 23.3 Å². The van der Waals surface area contributed by atoms with Crippen molar-refractivity contribution in [2.75, 3.05) is 51.9 Å². The summed E-state index contributed by atoms with van der Waals surface area (Å²) in [6, 6.07) is 4.91. The highest BCUT2D eigenvalue weighted by atomic mass is 16.5. The third-order valence-corrected chi connectivity index (χ3v) is 6.96. The molecule has 1 aromatic carbocycles. The minimum absolute atomic E-state index is 0.267. The van der Waals surface area contributed by atoms with Crippen molar-refractivity contribution in [1.82, 2.24) is 4.90 Å². The highest BCUT2D eigenvalue weighted by Gasteiger charge is 2.33. The Morgan fingerprint density at radius 3 is 2.67 bits per heavy atom. The number of likely N-dealkylation sites (tertiary alicyclic amines) is 1. The Hall–Kier alpha value is -1.72. The molecule has 1 saturated heterocycles. The molecule has 1 aliphatic carbocycles. The number of rotatable bonds is 10. The molecule has 2 fully saturated rings. The first-order valence-corrected chi connectivity index (χ1v) is 11.8. The summed E-state index contributed by atoms with van der Waals surface area (Å²) in [7, 11) is 3.54. The number of fused-ring (bicyclic) bond motifs is 2. The second-order valence-electron chi connectivity index (χ2n) is 8.97. The van der Waals surface area contributed by atoms with Gasteiger partial charge in [-0.15, -0.1) is 0 Å². The van der Waals surface area contributed by atoms with Gasteiger partial charge < -0.3 is 24.0 Å². The third-order valence-electron chi connectivity index (χ3n) is 6.96. The summed E-state index contributed by atoms with van der Waals surface area (Å²) in [4.78, 5) is 5.13. The van der Waals surface area contributed by atoms with E-state index in [1.165, 1.54) is 56.4 Å². The van der Waals surface area contributed by atoms with E-state index in [-0.39, 0.29) is 6.10 Å². The number of ether oxygens (including phenoxy) is 3. The molecule has 0 bridgehead atoms. The Kier molecular flexibility index (Phi) is 7.21. The summed E-state index contributed by atoms with van der Waals surface area (Å²) in [6.45, 7) is 7.50. The van der Waals surface area contributed by atoms with Crippen LogP contribution in [0.15, 0.2) is 17.7 Å². The molecule has 1 saturated carbocycles. The normalized spacial score (nSPS) is 21.9. The zero-order valence-corrected chi connectivity index (χ0v) is 19.0. The summed E-state index contributed by atoms with van der Waals surface area (Å²) in [5.41, 5.74) is 4.10. The lowest BCUT2D eigenvalue weighted by Gasteiger charge is -2.37. The van der Waals surface area contributed by atoms with Gasteiger partial charge in [-0.2, -0.15) is 0 Å². The Labute approximate surface area is 182 Å². The Bertz CT molecular complexity index is 742. The van der Waals surface area contributed by atoms with Gasteiger partial charge in [0.25, 0.3) is 0 Å². The van der Waals surface area contributed by atoms with E-state index >= 15 is 0 Å². The van der Waals surface area contributed by atoms with E-state index < -0.39 is 0 Å². The molecule has 0 N–H and O–H groups in total. The van der Waals surface area contributed by atoms with E-state index in [0.717, 1.165) is 44.0 Å². The van der Waals surface area contributed by atoms with Gasteiger partial charge in [-0.1, -0.05) is 6.08 Å². The van der Waals surface area contributed by atoms with Gasteiger partial charge in [-0.05, 0) is 76.6 Å².